The molecule has 0 aliphatic carbocycles. The van der Waals surface area contributed by atoms with Crippen molar-refractivity contribution in [1.82, 2.24) is 4.57 Å². The maximum atomic E-state index is 12.7. The molecule has 0 radical (unpaired) electrons. The molecule has 1 aromatic heterocycles. The number of alkyl halides is 3. The molecule has 0 unspecified atom stereocenters. The quantitative estimate of drug-likeness (QED) is 0.833. The average Bonchev–Trinajstić information content (AvgIpc) is 2.54. The Hall–Kier alpha value is -1.49. The van der Waals surface area contributed by atoms with Crippen LogP contribution in [0.4, 0.5) is 13.2 Å². The first kappa shape index (κ1) is 13.0. The fourth-order valence-electron chi connectivity index (χ4n) is 2.12. The van der Waals surface area contributed by atoms with E-state index in [-0.39, 0.29) is 0 Å². The second kappa shape index (κ2) is 3.75. The number of hydrogen-bond acceptors (Lipinski definition) is 1. The van der Waals surface area contributed by atoms with Crippen LogP contribution in [0.1, 0.15) is 25.1 Å². The van der Waals surface area contributed by atoms with Gasteiger partial charge in [0.05, 0.1) is 11.1 Å². The Morgan fingerprint density at radius 3 is 2.22 bits per heavy atom. The molecule has 1 aromatic carbocycles. The number of aromatic nitrogens is 1. The summed E-state index contributed by atoms with van der Waals surface area (Å²) in [5.74, 6) is 0. The first-order chi connectivity index (χ1) is 8.10. The van der Waals surface area contributed by atoms with Gasteiger partial charge in [0.2, 0.25) is 0 Å². The van der Waals surface area contributed by atoms with E-state index in [0.29, 0.717) is 5.52 Å². The topological polar surface area (TPSA) is 30.9 Å². The number of hydrogen-bond donors (Lipinski definition) is 1. The summed E-state index contributed by atoms with van der Waals surface area (Å²) in [6.07, 6.45) is -4.32. The number of fused-ring (bicyclic) bond motifs is 1. The van der Waals surface area contributed by atoms with Crippen molar-refractivity contribution in [1.29, 1.82) is 0 Å². The van der Waals surface area contributed by atoms with Gasteiger partial charge < -0.3 is 10.3 Å². The van der Waals surface area contributed by atoms with Crippen molar-refractivity contribution >= 4 is 10.9 Å². The molecule has 0 spiro atoms. The van der Waals surface area contributed by atoms with Crippen LogP contribution in [0.2, 0.25) is 0 Å². The largest absolute Gasteiger partial charge is 0.416 e. The van der Waals surface area contributed by atoms with Crippen LogP contribution in [-0.4, -0.2) is 4.57 Å². The van der Waals surface area contributed by atoms with Crippen molar-refractivity contribution in [2.24, 2.45) is 12.8 Å². The Morgan fingerprint density at radius 1 is 1.11 bits per heavy atom. The lowest BCUT2D eigenvalue weighted by atomic mass is 10.0. The van der Waals surface area contributed by atoms with Gasteiger partial charge in [-0.05, 0) is 37.4 Å². The first-order valence-electron chi connectivity index (χ1n) is 5.57. The van der Waals surface area contributed by atoms with Gasteiger partial charge in [-0.1, -0.05) is 6.07 Å². The van der Waals surface area contributed by atoms with Gasteiger partial charge in [0.15, 0.2) is 0 Å². The van der Waals surface area contributed by atoms with Crippen LogP contribution in [0.25, 0.3) is 10.9 Å². The van der Waals surface area contributed by atoms with Gasteiger partial charge in [-0.15, -0.1) is 0 Å². The molecule has 0 saturated heterocycles. The standard InChI is InChI=1S/C13H15F3N2/c1-12(2,17)11-6-8-4-5-9(13(14,15)16)7-10(8)18(11)3/h4-7H,17H2,1-3H3. The molecule has 2 nitrogen and oxygen atoms in total. The molecule has 98 valence electrons. The highest BCUT2D eigenvalue weighted by Crippen LogP contribution is 2.33. The van der Waals surface area contributed by atoms with E-state index in [0.717, 1.165) is 23.2 Å². The van der Waals surface area contributed by atoms with Gasteiger partial charge >= 0.3 is 6.18 Å². The molecule has 0 aliphatic rings. The zero-order valence-corrected chi connectivity index (χ0v) is 10.5. The second-order valence-electron chi connectivity index (χ2n) is 5.08. The van der Waals surface area contributed by atoms with Gasteiger partial charge in [-0.2, -0.15) is 13.2 Å². The maximum Gasteiger partial charge on any atom is 0.416 e. The Kier molecular flexibility index (Phi) is 2.70. The van der Waals surface area contributed by atoms with Crippen molar-refractivity contribution in [2.45, 2.75) is 25.6 Å². The zero-order valence-electron chi connectivity index (χ0n) is 10.5. The van der Waals surface area contributed by atoms with E-state index in [1.165, 1.54) is 6.07 Å². The fourth-order valence-corrected chi connectivity index (χ4v) is 2.12. The highest BCUT2D eigenvalue weighted by molar-refractivity contribution is 5.82. The number of halogens is 3. The highest BCUT2D eigenvalue weighted by Gasteiger charge is 2.31. The molecular weight excluding hydrogens is 241 g/mol. The van der Waals surface area contributed by atoms with Crippen molar-refractivity contribution in [3.8, 4) is 0 Å². The van der Waals surface area contributed by atoms with E-state index in [1.54, 1.807) is 11.6 Å². The molecule has 1 heterocycles. The van der Waals surface area contributed by atoms with Crippen molar-refractivity contribution < 1.29 is 13.2 Å². The lowest BCUT2D eigenvalue weighted by Gasteiger charge is -2.19. The summed E-state index contributed by atoms with van der Waals surface area (Å²) in [7, 11) is 1.73. The summed E-state index contributed by atoms with van der Waals surface area (Å²) >= 11 is 0. The van der Waals surface area contributed by atoms with E-state index in [9.17, 15) is 13.2 Å². The molecule has 0 fully saturated rings. The molecule has 0 bridgehead atoms. The Bertz CT molecular complexity index is 589. The normalized spacial score (nSPS) is 13.3. The Balaban J connectivity index is 2.68. The minimum atomic E-state index is -4.32. The predicted octanol–water partition coefficient (Wildman–Crippen LogP) is 3.39. The number of nitrogens with two attached hydrogens (primary N) is 1. The van der Waals surface area contributed by atoms with Gasteiger partial charge in [0.25, 0.3) is 0 Å². The SMILES string of the molecule is Cn1c(C(C)(C)N)cc2ccc(C(F)(F)F)cc21. The van der Waals surface area contributed by atoms with Crippen LogP contribution in [-0.2, 0) is 18.8 Å². The van der Waals surface area contributed by atoms with Crippen molar-refractivity contribution in [3.63, 3.8) is 0 Å². The molecule has 2 aromatic rings. The van der Waals surface area contributed by atoms with Gasteiger partial charge in [0, 0.05) is 18.3 Å². The molecule has 2 N–H and O–H groups in total. The molecule has 5 heteroatoms. The highest BCUT2D eigenvalue weighted by atomic mass is 19.4. The summed E-state index contributed by atoms with van der Waals surface area (Å²) in [6, 6.07) is 5.56. The van der Waals surface area contributed by atoms with Crippen LogP contribution >= 0.6 is 0 Å². The third-order valence-electron chi connectivity index (χ3n) is 3.03. The lowest BCUT2D eigenvalue weighted by Crippen LogP contribution is -2.30. The third kappa shape index (κ3) is 2.10. The predicted molar refractivity (Wildman–Crippen MR) is 65.1 cm³/mol. The summed E-state index contributed by atoms with van der Waals surface area (Å²) in [4.78, 5) is 0. The number of aryl methyl sites for hydroxylation is 1. The van der Waals surface area contributed by atoms with Crippen LogP contribution < -0.4 is 5.73 Å². The second-order valence-corrected chi connectivity index (χ2v) is 5.08. The summed E-state index contributed by atoms with van der Waals surface area (Å²) in [6.45, 7) is 3.65. The number of benzene rings is 1. The summed E-state index contributed by atoms with van der Waals surface area (Å²) in [5, 5.41) is 0.763. The van der Waals surface area contributed by atoms with Crippen molar-refractivity contribution in [3.05, 3.63) is 35.5 Å². The summed E-state index contributed by atoms with van der Waals surface area (Å²) in [5.41, 5.74) is 6.11. The lowest BCUT2D eigenvalue weighted by molar-refractivity contribution is -0.137. The average molecular weight is 256 g/mol. The zero-order chi connectivity index (χ0) is 13.7. The number of nitrogens with zero attached hydrogens (tertiary/aromatic N) is 1. The third-order valence-corrected chi connectivity index (χ3v) is 3.03. The molecule has 0 saturated carbocycles. The molecule has 0 aliphatic heterocycles. The molecule has 0 amide bonds. The van der Waals surface area contributed by atoms with E-state index in [4.69, 9.17) is 5.73 Å². The summed E-state index contributed by atoms with van der Waals surface area (Å²) < 4.78 is 39.7. The maximum absolute atomic E-state index is 12.7. The Labute approximate surface area is 103 Å². The van der Waals surface area contributed by atoms with Gasteiger partial charge in [-0.3, -0.25) is 0 Å². The Morgan fingerprint density at radius 2 is 1.72 bits per heavy atom. The van der Waals surface area contributed by atoms with Crippen molar-refractivity contribution in [2.75, 3.05) is 0 Å². The number of rotatable bonds is 1. The fraction of sp³-hybridized carbons (Fsp3) is 0.385. The van der Waals surface area contributed by atoms with Gasteiger partial charge in [0.1, 0.15) is 0 Å². The molecule has 2 rings (SSSR count). The molecule has 18 heavy (non-hydrogen) atoms. The first-order valence-corrected chi connectivity index (χ1v) is 5.57. The monoisotopic (exact) mass is 256 g/mol. The van der Waals surface area contributed by atoms with Gasteiger partial charge in [-0.25, -0.2) is 0 Å². The minimum absolute atomic E-state index is 0.540. The van der Waals surface area contributed by atoms with E-state index in [2.05, 4.69) is 0 Å². The van der Waals surface area contributed by atoms with Crippen LogP contribution in [0, 0.1) is 0 Å². The van der Waals surface area contributed by atoms with E-state index >= 15 is 0 Å². The van der Waals surface area contributed by atoms with E-state index in [1.807, 2.05) is 19.9 Å². The van der Waals surface area contributed by atoms with E-state index < -0.39 is 17.3 Å². The van der Waals surface area contributed by atoms with Crippen LogP contribution in [0.3, 0.4) is 0 Å². The smallest absolute Gasteiger partial charge is 0.346 e. The minimum Gasteiger partial charge on any atom is -0.346 e. The van der Waals surface area contributed by atoms with Crippen LogP contribution in [0.5, 0.6) is 0 Å². The van der Waals surface area contributed by atoms with Crippen LogP contribution in [0.15, 0.2) is 24.3 Å². The molecular formula is C13H15F3N2. The molecule has 0 atom stereocenters.